The lowest BCUT2D eigenvalue weighted by atomic mass is 9.79. The van der Waals surface area contributed by atoms with Crippen LogP contribution in [0.4, 0.5) is 0 Å². The van der Waals surface area contributed by atoms with Crippen LogP contribution in [0.15, 0.2) is 78.3 Å². The van der Waals surface area contributed by atoms with Crippen LogP contribution >= 0.6 is 0 Å². The number of hydrogen-bond acceptors (Lipinski definition) is 3. The summed E-state index contributed by atoms with van der Waals surface area (Å²) in [6.45, 7) is 2.64. The molecule has 0 aliphatic carbocycles. The minimum atomic E-state index is -1.11. The van der Waals surface area contributed by atoms with Crippen LogP contribution in [-0.2, 0) is 20.9 Å². The average Bonchev–Trinajstić information content (AvgIpc) is 3.20. The lowest BCUT2D eigenvalue weighted by molar-refractivity contribution is -0.687. The van der Waals surface area contributed by atoms with Gasteiger partial charge in [-0.05, 0) is 35.8 Å². The molecule has 0 bridgehead atoms. The first-order valence-electron chi connectivity index (χ1n) is 11.4. The van der Waals surface area contributed by atoms with Crippen molar-refractivity contribution in [3.63, 3.8) is 0 Å². The van der Waals surface area contributed by atoms with Gasteiger partial charge in [-0.2, -0.15) is 0 Å². The lowest BCUT2D eigenvalue weighted by Gasteiger charge is -2.49. The highest BCUT2D eigenvalue weighted by atomic mass is 16.4. The van der Waals surface area contributed by atoms with E-state index in [4.69, 9.17) is 0 Å². The van der Waals surface area contributed by atoms with E-state index in [2.05, 4.69) is 12.2 Å². The van der Waals surface area contributed by atoms with Crippen molar-refractivity contribution in [1.82, 2.24) is 9.80 Å². The van der Waals surface area contributed by atoms with Gasteiger partial charge in [0.25, 0.3) is 5.91 Å². The predicted molar refractivity (Wildman–Crippen MR) is 126 cm³/mol. The zero-order valence-electron chi connectivity index (χ0n) is 18.9. The number of aromatic nitrogens is 1. The molecule has 0 spiro atoms. The van der Waals surface area contributed by atoms with Crippen molar-refractivity contribution >= 4 is 29.9 Å². The van der Waals surface area contributed by atoms with Crippen LogP contribution < -0.4 is 4.57 Å². The third kappa shape index (κ3) is 3.83. The Labute approximate surface area is 197 Å². The summed E-state index contributed by atoms with van der Waals surface area (Å²) in [4.78, 5) is 39.8. The predicted octanol–water partition coefficient (Wildman–Crippen LogP) is 2.50. The number of likely N-dealkylation sites (tertiary alicyclic amines) is 1. The molecule has 7 nitrogen and oxygen atoms in total. The fourth-order valence-corrected chi connectivity index (χ4v) is 5.27. The Morgan fingerprint density at radius 3 is 2.59 bits per heavy atom. The maximum absolute atomic E-state index is 12.8. The van der Waals surface area contributed by atoms with E-state index in [9.17, 15) is 19.5 Å². The highest BCUT2D eigenvalue weighted by molar-refractivity contribution is 6.02. The molecule has 1 aromatic heterocycles. The molecule has 3 atom stereocenters. The highest BCUT2D eigenvalue weighted by Crippen LogP contribution is 2.47. The summed E-state index contributed by atoms with van der Waals surface area (Å²) in [5.41, 5.74) is 2.73. The van der Waals surface area contributed by atoms with E-state index >= 15 is 0 Å². The van der Waals surface area contributed by atoms with Crippen molar-refractivity contribution in [2.75, 3.05) is 6.54 Å². The molecule has 5 rings (SSSR count). The first-order chi connectivity index (χ1) is 16.4. The van der Waals surface area contributed by atoms with Crippen LogP contribution in [-0.4, -0.2) is 51.3 Å². The number of hydrogen-bond donors (Lipinski definition) is 1. The summed E-state index contributed by atoms with van der Waals surface area (Å²) in [6.07, 6.45) is 12.3. The Balaban J connectivity index is 1.35. The van der Waals surface area contributed by atoms with Gasteiger partial charge in [0.15, 0.2) is 18.9 Å². The number of nitrogens with zero attached hydrogens (tertiary/aromatic N) is 3. The quantitative estimate of drug-likeness (QED) is 0.535. The smallest absolute Gasteiger partial charge is 0.352 e. The summed E-state index contributed by atoms with van der Waals surface area (Å²) in [6, 6.07) is 13.3. The number of carboxylic acids is 1. The van der Waals surface area contributed by atoms with E-state index in [1.54, 1.807) is 11.0 Å². The van der Waals surface area contributed by atoms with Crippen LogP contribution in [0.25, 0.3) is 12.2 Å². The molecule has 1 aromatic carbocycles. The van der Waals surface area contributed by atoms with E-state index in [1.165, 1.54) is 11.8 Å². The topological polar surface area (TPSA) is 81.8 Å². The number of aliphatic carboxylic acids is 1. The third-order valence-electron chi connectivity index (χ3n) is 6.78. The fourth-order valence-electron chi connectivity index (χ4n) is 5.27. The molecule has 2 aromatic rings. The van der Waals surface area contributed by atoms with E-state index < -0.39 is 12.0 Å². The number of allylic oxidation sites excluding steroid dienone is 3. The van der Waals surface area contributed by atoms with Crippen molar-refractivity contribution in [1.29, 1.82) is 0 Å². The number of β-lactam (4-membered cyclic amide) rings is 1. The minimum Gasteiger partial charge on any atom is -0.477 e. The van der Waals surface area contributed by atoms with Crippen molar-refractivity contribution in [2.24, 2.45) is 5.92 Å². The van der Waals surface area contributed by atoms with Crippen LogP contribution in [0.3, 0.4) is 0 Å². The highest BCUT2D eigenvalue weighted by Gasteiger charge is 2.63. The van der Waals surface area contributed by atoms with Crippen LogP contribution in [0.2, 0.25) is 0 Å². The van der Waals surface area contributed by atoms with E-state index in [-0.39, 0.29) is 29.5 Å². The SMILES string of the molecule is CC(=O)N1C[C@H]2CC(/C=C/c3ccc[n+](C/C=C/c4ccccc4)c3)=C(C(=O)O)N3C(=O)[C@@H]1[C@@H]23. The standard InChI is InChI=1S/C27H25N3O4/c1-18(31)29-17-22-15-21(24(27(33)34)30-23(22)25(29)26(30)32)12-11-20-10-6-14-28(16-20)13-5-9-19-7-3-2-4-8-19/h2-12,14,16,22-23,25H,13,15,17H2,1H3/p+1/b9-5+,12-11+/t22-,23-,25+/m1/s1. The van der Waals surface area contributed by atoms with Crippen LogP contribution in [0, 0.1) is 5.92 Å². The van der Waals surface area contributed by atoms with E-state index in [1.807, 2.05) is 65.5 Å². The second-order valence-corrected chi connectivity index (χ2v) is 8.94. The molecule has 2 amide bonds. The molecule has 4 heterocycles. The van der Waals surface area contributed by atoms with Crippen molar-refractivity contribution in [2.45, 2.75) is 32.0 Å². The lowest BCUT2D eigenvalue weighted by Crippen LogP contribution is -2.69. The molecule has 0 radical (unpaired) electrons. The number of benzene rings is 1. The van der Waals surface area contributed by atoms with Gasteiger partial charge < -0.3 is 10.0 Å². The van der Waals surface area contributed by atoms with Gasteiger partial charge in [0.1, 0.15) is 11.7 Å². The fraction of sp³-hybridized carbons (Fsp3) is 0.259. The minimum absolute atomic E-state index is 0.0405. The second-order valence-electron chi connectivity index (χ2n) is 8.94. The summed E-state index contributed by atoms with van der Waals surface area (Å²) in [5.74, 6) is -1.50. The molecule has 0 saturated carbocycles. The summed E-state index contributed by atoms with van der Waals surface area (Å²) in [7, 11) is 0. The number of pyridine rings is 1. The zero-order valence-corrected chi connectivity index (χ0v) is 18.9. The van der Waals surface area contributed by atoms with Crippen molar-refractivity contribution < 1.29 is 24.1 Å². The average molecular weight is 457 g/mol. The first-order valence-corrected chi connectivity index (χ1v) is 11.4. The number of carbonyl (C=O) groups is 3. The van der Waals surface area contributed by atoms with Gasteiger partial charge in [0.05, 0.1) is 6.04 Å². The normalized spacial score (nSPS) is 23.6. The maximum Gasteiger partial charge on any atom is 0.352 e. The van der Waals surface area contributed by atoms with E-state index in [0.717, 1.165) is 11.1 Å². The van der Waals surface area contributed by atoms with Gasteiger partial charge >= 0.3 is 5.97 Å². The molecule has 172 valence electrons. The van der Waals surface area contributed by atoms with Crippen LogP contribution in [0.1, 0.15) is 24.5 Å². The second kappa shape index (κ2) is 8.74. The van der Waals surface area contributed by atoms with Gasteiger partial charge in [-0.3, -0.25) is 14.5 Å². The Bertz CT molecular complexity index is 1250. The third-order valence-corrected chi connectivity index (χ3v) is 6.78. The monoisotopic (exact) mass is 456 g/mol. The Hall–Kier alpha value is -4.00. The molecule has 2 fully saturated rings. The Morgan fingerprint density at radius 1 is 1.09 bits per heavy atom. The molecule has 7 heteroatoms. The zero-order chi connectivity index (χ0) is 23.8. The number of amides is 2. The van der Waals surface area contributed by atoms with Gasteiger partial charge in [0, 0.05) is 31.0 Å². The molecule has 2 saturated heterocycles. The summed E-state index contributed by atoms with van der Waals surface area (Å²) in [5, 5.41) is 9.87. The number of carbonyl (C=O) groups excluding carboxylic acids is 2. The molecule has 34 heavy (non-hydrogen) atoms. The molecule has 3 aliphatic rings. The number of carboxylic acid groups (broad SMARTS) is 1. The maximum atomic E-state index is 12.8. The molecule has 1 N–H and O–H groups in total. The summed E-state index contributed by atoms with van der Waals surface area (Å²) >= 11 is 0. The van der Waals surface area contributed by atoms with Gasteiger partial charge in [0.2, 0.25) is 5.91 Å². The largest absolute Gasteiger partial charge is 0.477 e. The Kier molecular flexibility index (Phi) is 5.61. The van der Waals surface area contributed by atoms with Gasteiger partial charge in [-0.25, -0.2) is 9.36 Å². The molecular formula is C27H26N3O4+. The van der Waals surface area contributed by atoms with E-state index in [0.29, 0.717) is 25.1 Å². The number of rotatable bonds is 6. The Morgan fingerprint density at radius 2 is 1.85 bits per heavy atom. The molecular weight excluding hydrogens is 430 g/mol. The summed E-state index contributed by atoms with van der Waals surface area (Å²) < 4.78 is 2.05. The first kappa shape index (κ1) is 21.8. The van der Waals surface area contributed by atoms with Crippen molar-refractivity contribution in [3.8, 4) is 0 Å². The van der Waals surface area contributed by atoms with Gasteiger partial charge in [-0.1, -0.05) is 42.5 Å². The molecule has 0 unspecified atom stereocenters. The molecule has 3 aliphatic heterocycles. The van der Waals surface area contributed by atoms with Crippen LogP contribution in [0.5, 0.6) is 0 Å². The van der Waals surface area contributed by atoms with Gasteiger partial charge in [-0.15, -0.1) is 0 Å². The van der Waals surface area contributed by atoms with Crippen molar-refractivity contribution in [3.05, 3.63) is 89.4 Å².